The number of carbonyl (C=O) groups excluding carboxylic acids is 1. The molecule has 0 atom stereocenters. The minimum absolute atomic E-state index is 0.159. The topological polar surface area (TPSA) is 20.3 Å². The highest BCUT2D eigenvalue weighted by Gasteiger charge is 2.29. The number of ketones is 1. The van der Waals surface area contributed by atoms with E-state index in [2.05, 4.69) is 15.9 Å². The van der Waals surface area contributed by atoms with Crippen LogP contribution in [0.3, 0.4) is 0 Å². The number of rotatable bonds is 4. The molecule has 0 aliphatic heterocycles. The second kappa shape index (κ2) is 5.51. The number of hydrogen-bond donors (Lipinski definition) is 0. The van der Waals surface area contributed by atoms with E-state index in [0.717, 1.165) is 10.0 Å². The number of halogens is 2. The van der Waals surface area contributed by atoms with Crippen molar-refractivity contribution in [3.63, 3.8) is 0 Å². The molecule has 0 aliphatic rings. The van der Waals surface area contributed by atoms with Gasteiger partial charge in [0.15, 0.2) is 5.78 Å². The predicted octanol–water partition coefficient (Wildman–Crippen LogP) is 3.55. The van der Waals surface area contributed by atoms with Gasteiger partial charge < -0.3 is 0 Å². The van der Waals surface area contributed by atoms with E-state index in [0.29, 0.717) is 11.4 Å². The van der Waals surface area contributed by atoms with Gasteiger partial charge in [0.25, 0.3) is 0 Å². The molecule has 0 aromatic heterocycles. The summed E-state index contributed by atoms with van der Waals surface area (Å²) in [6.07, 6.45) is 0.358. The van der Waals surface area contributed by atoms with Crippen LogP contribution in [-0.4, -0.2) is 30.3 Å². The third-order valence-corrected chi connectivity index (χ3v) is 4.01. The average Bonchev–Trinajstić information content (AvgIpc) is 2.21. The molecule has 0 aliphatic carbocycles. The summed E-state index contributed by atoms with van der Waals surface area (Å²) >= 11 is 9.46. The first-order valence-electron chi connectivity index (χ1n) is 5.40. The summed E-state index contributed by atoms with van der Waals surface area (Å²) in [4.78, 5) is 14.1. The number of benzene rings is 1. The highest BCUT2D eigenvalue weighted by atomic mass is 79.9. The van der Waals surface area contributed by atoms with Gasteiger partial charge in [-0.1, -0.05) is 33.6 Å². The van der Waals surface area contributed by atoms with E-state index in [-0.39, 0.29) is 5.78 Å². The van der Waals surface area contributed by atoms with Crippen molar-refractivity contribution < 1.29 is 4.79 Å². The van der Waals surface area contributed by atoms with Crippen molar-refractivity contribution in [1.82, 2.24) is 4.90 Å². The van der Waals surface area contributed by atoms with Gasteiger partial charge in [-0.3, -0.25) is 9.69 Å². The van der Waals surface area contributed by atoms with Gasteiger partial charge in [0.1, 0.15) is 0 Å². The minimum atomic E-state index is -0.476. The van der Waals surface area contributed by atoms with E-state index in [1.807, 2.05) is 51.0 Å². The quantitative estimate of drug-likeness (QED) is 0.846. The van der Waals surface area contributed by atoms with E-state index in [1.165, 1.54) is 0 Å². The molecule has 2 nitrogen and oxygen atoms in total. The Balaban J connectivity index is 2.89. The molecular formula is C13H17BrClNO. The Morgan fingerprint density at radius 3 is 2.47 bits per heavy atom. The van der Waals surface area contributed by atoms with Crippen LogP contribution < -0.4 is 0 Å². The highest BCUT2D eigenvalue weighted by Crippen LogP contribution is 2.24. The predicted molar refractivity (Wildman–Crippen MR) is 75.6 cm³/mol. The van der Waals surface area contributed by atoms with E-state index in [1.54, 1.807) is 0 Å². The number of hydrogen-bond acceptors (Lipinski definition) is 2. The van der Waals surface area contributed by atoms with Crippen molar-refractivity contribution in [2.75, 3.05) is 14.1 Å². The third kappa shape index (κ3) is 3.54. The van der Waals surface area contributed by atoms with Crippen LogP contribution in [0.15, 0.2) is 22.7 Å². The first kappa shape index (κ1) is 14.7. The van der Waals surface area contributed by atoms with E-state index < -0.39 is 5.54 Å². The Kier molecular flexibility index (Phi) is 4.76. The Hall–Kier alpha value is -0.380. The lowest BCUT2D eigenvalue weighted by atomic mass is 9.92. The van der Waals surface area contributed by atoms with Gasteiger partial charge in [-0.2, -0.15) is 0 Å². The molecule has 94 valence electrons. The van der Waals surface area contributed by atoms with Crippen molar-refractivity contribution in [2.24, 2.45) is 0 Å². The molecule has 17 heavy (non-hydrogen) atoms. The zero-order valence-corrected chi connectivity index (χ0v) is 12.9. The summed E-state index contributed by atoms with van der Waals surface area (Å²) in [7, 11) is 3.81. The lowest BCUT2D eigenvalue weighted by Crippen LogP contribution is -2.46. The van der Waals surface area contributed by atoms with Gasteiger partial charge >= 0.3 is 0 Å². The van der Waals surface area contributed by atoms with Gasteiger partial charge in [0.05, 0.1) is 5.54 Å². The SMILES string of the molecule is CN(C)C(C)(C)C(=O)Cc1ccc(Br)cc1Cl. The molecular weight excluding hydrogens is 302 g/mol. The van der Waals surface area contributed by atoms with E-state index >= 15 is 0 Å². The zero-order chi connectivity index (χ0) is 13.2. The smallest absolute Gasteiger partial charge is 0.156 e. The van der Waals surface area contributed by atoms with E-state index in [9.17, 15) is 4.79 Å². The van der Waals surface area contributed by atoms with Gasteiger partial charge in [-0.05, 0) is 45.6 Å². The first-order valence-corrected chi connectivity index (χ1v) is 6.57. The third-order valence-electron chi connectivity index (χ3n) is 3.17. The lowest BCUT2D eigenvalue weighted by molar-refractivity contribution is -0.127. The van der Waals surface area contributed by atoms with Crippen molar-refractivity contribution in [2.45, 2.75) is 25.8 Å². The molecule has 1 rings (SSSR count). The molecule has 0 spiro atoms. The second-order valence-electron chi connectivity index (χ2n) is 4.79. The largest absolute Gasteiger partial charge is 0.298 e. The van der Waals surface area contributed by atoms with Crippen molar-refractivity contribution >= 4 is 33.3 Å². The Labute approximate surface area is 116 Å². The van der Waals surface area contributed by atoms with Crippen LogP contribution in [0.5, 0.6) is 0 Å². The van der Waals surface area contributed by atoms with Gasteiger partial charge in [0, 0.05) is 15.9 Å². The van der Waals surface area contributed by atoms with Gasteiger partial charge in [0.2, 0.25) is 0 Å². The van der Waals surface area contributed by atoms with Crippen LogP contribution in [0.2, 0.25) is 5.02 Å². The Morgan fingerprint density at radius 2 is 2.00 bits per heavy atom. The lowest BCUT2D eigenvalue weighted by Gasteiger charge is -2.31. The molecule has 0 saturated heterocycles. The molecule has 0 bridgehead atoms. The molecule has 0 unspecified atom stereocenters. The van der Waals surface area contributed by atoms with E-state index in [4.69, 9.17) is 11.6 Å². The maximum absolute atomic E-state index is 12.2. The van der Waals surface area contributed by atoms with Crippen LogP contribution in [0, 0.1) is 0 Å². The number of nitrogens with zero attached hydrogens (tertiary/aromatic N) is 1. The average molecular weight is 319 g/mol. The van der Waals surface area contributed by atoms with Crippen LogP contribution in [0.1, 0.15) is 19.4 Å². The van der Waals surface area contributed by atoms with Gasteiger partial charge in [-0.15, -0.1) is 0 Å². The summed E-state index contributed by atoms with van der Waals surface area (Å²) in [5, 5.41) is 0.627. The van der Waals surface area contributed by atoms with Crippen LogP contribution in [0.4, 0.5) is 0 Å². The molecule has 0 radical (unpaired) electrons. The summed E-state index contributed by atoms with van der Waals surface area (Å²) in [6, 6.07) is 5.60. The Bertz CT molecular complexity index is 429. The summed E-state index contributed by atoms with van der Waals surface area (Å²) in [5.74, 6) is 0.159. The zero-order valence-electron chi connectivity index (χ0n) is 10.6. The van der Waals surface area contributed by atoms with Crippen molar-refractivity contribution in [1.29, 1.82) is 0 Å². The second-order valence-corrected chi connectivity index (χ2v) is 6.11. The fourth-order valence-corrected chi connectivity index (χ4v) is 2.04. The van der Waals surface area contributed by atoms with Crippen LogP contribution in [-0.2, 0) is 11.2 Å². The number of carbonyl (C=O) groups is 1. The van der Waals surface area contributed by atoms with Crippen molar-refractivity contribution in [3.05, 3.63) is 33.3 Å². The standard InChI is InChI=1S/C13H17BrClNO/c1-13(2,16(3)4)12(17)7-9-5-6-10(14)8-11(9)15/h5-6,8H,7H2,1-4H3. The summed E-state index contributed by atoms with van der Waals surface area (Å²) < 4.78 is 0.922. The molecule has 4 heteroatoms. The Morgan fingerprint density at radius 1 is 1.41 bits per heavy atom. The normalized spacial score (nSPS) is 11.9. The first-order chi connectivity index (χ1) is 7.75. The molecule has 0 saturated carbocycles. The number of Topliss-reactive ketones (excluding diaryl/α,β-unsaturated/α-hetero) is 1. The van der Waals surface area contributed by atoms with Crippen LogP contribution in [0.25, 0.3) is 0 Å². The fourth-order valence-electron chi connectivity index (χ4n) is 1.30. The molecule has 0 heterocycles. The van der Waals surface area contributed by atoms with Gasteiger partial charge in [-0.25, -0.2) is 0 Å². The monoisotopic (exact) mass is 317 g/mol. The molecule has 1 aromatic rings. The van der Waals surface area contributed by atoms with Crippen molar-refractivity contribution in [3.8, 4) is 0 Å². The molecule has 0 amide bonds. The number of likely N-dealkylation sites (N-methyl/N-ethyl adjacent to an activating group) is 1. The maximum Gasteiger partial charge on any atom is 0.156 e. The molecule has 0 fully saturated rings. The summed E-state index contributed by atoms with van der Waals surface area (Å²) in [5.41, 5.74) is 0.394. The minimum Gasteiger partial charge on any atom is -0.298 e. The van der Waals surface area contributed by atoms with Crippen LogP contribution >= 0.6 is 27.5 Å². The maximum atomic E-state index is 12.2. The molecule has 0 N–H and O–H groups in total. The molecule has 1 aromatic carbocycles. The summed E-state index contributed by atoms with van der Waals surface area (Å²) in [6.45, 7) is 3.84. The highest BCUT2D eigenvalue weighted by molar-refractivity contribution is 9.10. The fraction of sp³-hybridized carbons (Fsp3) is 0.462.